The van der Waals surface area contributed by atoms with Crippen LogP contribution in [0.1, 0.15) is 22.8 Å². The van der Waals surface area contributed by atoms with E-state index in [1.807, 2.05) is 18.0 Å². The number of ether oxygens (including phenoxy) is 1. The molecule has 4 aromatic rings. The van der Waals surface area contributed by atoms with E-state index in [-0.39, 0.29) is 16.6 Å². The molecule has 0 spiro atoms. The molecular formula is C23H23BrN6O8S. The summed E-state index contributed by atoms with van der Waals surface area (Å²) >= 11 is 3.08. The number of H-pyrrole nitrogens is 1. The van der Waals surface area contributed by atoms with E-state index in [1.54, 1.807) is 36.1 Å². The van der Waals surface area contributed by atoms with Gasteiger partial charge in [-0.3, -0.25) is 19.6 Å². The third kappa shape index (κ3) is 6.77. The number of halogens is 1. The smallest absolute Gasteiger partial charge is 0.348 e. The van der Waals surface area contributed by atoms with Crippen LogP contribution in [0.3, 0.4) is 0 Å². The van der Waals surface area contributed by atoms with Gasteiger partial charge in [-0.25, -0.2) is 22.8 Å². The van der Waals surface area contributed by atoms with Crippen LogP contribution in [0.25, 0.3) is 22.0 Å². The summed E-state index contributed by atoms with van der Waals surface area (Å²) in [7, 11) is -0.820. The number of esters is 1. The summed E-state index contributed by atoms with van der Waals surface area (Å²) in [5.74, 6) is -0.718. The second-order valence-corrected chi connectivity index (χ2v) is 10.8. The quantitative estimate of drug-likeness (QED) is 0.185. The summed E-state index contributed by atoms with van der Waals surface area (Å²) in [5, 5.41) is 14.9. The lowest BCUT2D eigenvalue weighted by Crippen LogP contribution is -2.43. The van der Waals surface area contributed by atoms with Crippen molar-refractivity contribution in [2.75, 3.05) is 18.2 Å². The minimum atomic E-state index is -3.78. The van der Waals surface area contributed by atoms with Gasteiger partial charge in [0.25, 0.3) is 11.2 Å². The van der Waals surface area contributed by atoms with Crippen molar-refractivity contribution < 1.29 is 22.9 Å². The van der Waals surface area contributed by atoms with Crippen LogP contribution in [-0.4, -0.2) is 52.1 Å². The van der Waals surface area contributed by atoms with Crippen molar-refractivity contribution >= 4 is 48.5 Å². The van der Waals surface area contributed by atoms with E-state index in [4.69, 9.17) is 0 Å². The average molecular weight is 623 g/mol. The molecule has 0 radical (unpaired) electrons. The van der Waals surface area contributed by atoms with Gasteiger partial charge in [-0.05, 0) is 41.8 Å². The number of fused-ring (bicyclic) bond motifs is 1. The second-order valence-electron chi connectivity index (χ2n) is 8.16. The first-order chi connectivity index (χ1) is 18.2. The lowest BCUT2D eigenvalue weighted by atomic mass is 9.98. The fraction of sp³-hybridized carbons (Fsp3) is 0.217. The number of carbonyl (C=O) groups excluding carboxylic acids is 1. The first-order valence-electron chi connectivity index (χ1n) is 11.1. The maximum absolute atomic E-state index is 12.6. The molecule has 0 aliphatic rings. The van der Waals surface area contributed by atoms with Crippen LogP contribution in [0, 0.1) is 10.1 Å². The van der Waals surface area contributed by atoms with Gasteiger partial charge in [0.2, 0.25) is 10.0 Å². The molecular weight excluding hydrogens is 600 g/mol. The molecule has 2 aromatic carbocycles. The minimum Gasteiger partial charge on any atom is -0.465 e. The number of carbonyl (C=O) groups is 1. The molecule has 0 fully saturated rings. The topological polar surface area (TPSA) is 188 Å². The minimum absolute atomic E-state index is 0.0549. The van der Waals surface area contributed by atoms with Crippen LogP contribution < -0.4 is 16.1 Å². The van der Waals surface area contributed by atoms with Crippen LogP contribution in [0.2, 0.25) is 0 Å². The van der Waals surface area contributed by atoms with Crippen molar-refractivity contribution in [2.45, 2.75) is 13.3 Å². The molecule has 16 heteroatoms. The Morgan fingerprint density at radius 2 is 1.95 bits per heavy atom. The summed E-state index contributed by atoms with van der Waals surface area (Å²) < 4.78 is 29.8. The summed E-state index contributed by atoms with van der Waals surface area (Å²) in [6.07, 6.45) is 5.05. The SMILES string of the molecule is CCc1cc2[nH]c(=O)n(NS(C)(=O)=O)c(=O)c2cc1-c1cnn(C)c1.COC(=O)c1ccc(Br)cc1[N+](=O)[O-]. The van der Waals surface area contributed by atoms with Gasteiger partial charge in [-0.1, -0.05) is 22.9 Å². The van der Waals surface area contributed by atoms with Crippen molar-refractivity contribution in [3.63, 3.8) is 0 Å². The van der Waals surface area contributed by atoms with Crippen molar-refractivity contribution in [1.29, 1.82) is 0 Å². The second kappa shape index (κ2) is 11.6. The summed E-state index contributed by atoms with van der Waals surface area (Å²) in [6, 6.07) is 7.51. The number of nitrogens with one attached hydrogen (secondary N) is 2. The number of nitro benzene ring substituents is 1. The molecule has 14 nitrogen and oxygen atoms in total. The lowest BCUT2D eigenvalue weighted by Gasteiger charge is -2.11. The van der Waals surface area contributed by atoms with Gasteiger partial charge in [0.1, 0.15) is 5.56 Å². The highest BCUT2D eigenvalue weighted by Crippen LogP contribution is 2.27. The molecule has 0 unspecified atom stereocenters. The highest BCUT2D eigenvalue weighted by atomic mass is 79.9. The van der Waals surface area contributed by atoms with Gasteiger partial charge in [-0.2, -0.15) is 9.77 Å². The highest BCUT2D eigenvalue weighted by Gasteiger charge is 2.20. The zero-order valence-electron chi connectivity index (χ0n) is 21.1. The maximum Gasteiger partial charge on any atom is 0.348 e. The van der Waals surface area contributed by atoms with E-state index in [0.717, 1.165) is 22.9 Å². The molecule has 0 bridgehead atoms. The van der Waals surface area contributed by atoms with Crippen LogP contribution >= 0.6 is 15.9 Å². The summed E-state index contributed by atoms with van der Waals surface area (Å²) in [4.78, 5) is 50.2. The van der Waals surface area contributed by atoms with Crippen LogP contribution in [0.5, 0.6) is 0 Å². The number of nitrogens with zero attached hydrogens (tertiary/aromatic N) is 4. The zero-order valence-corrected chi connectivity index (χ0v) is 23.5. The van der Waals surface area contributed by atoms with E-state index >= 15 is 0 Å². The molecule has 2 heterocycles. The Balaban J connectivity index is 0.000000255. The molecule has 0 amide bonds. The van der Waals surface area contributed by atoms with Gasteiger partial charge in [0.15, 0.2) is 0 Å². The van der Waals surface area contributed by atoms with Gasteiger partial charge in [0, 0.05) is 29.3 Å². The van der Waals surface area contributed by atoms with Crippen molar-refractivity contribution in [2.24, 2.45) is 7.05 Å². The number of methoxy groups -OCH3 is 1. The number of aromatic nitrogens is 4. The Kier molecular flexibility index (Phi) is 8.71. The predicted molar refractivity (Wildman–Crippen MR) is 147 cm³/mol. The molecule has 0 atom stereocenters. The summed E-state index contributed by atoms with van der Waals surface area (Å²) in [6.45, 7) is 1.96. The van der Waals surface area contributed by atoms with Crippen molar-refractivity contribution in [3.05, 3.63) is 89.3 Å². The van der Waals surface area contributed by atoms with Crippen molar-refractivity contribution in [3.8, 4) is 11.1 Å². The van der Waals surface area contributed by atoms with E-state index in [2.05, 4.69) is 30.7 Å². The van der Waals surface area contributed by atoms with Crippen molar-refractivity contribution in [1.82, 2.24) is 19.4 Å². The normalized spacial score (nSPS) is 11.0. The fourth-order valence-electron chi connectivity index (χ4n) is 3.62. The Morgan fingerprint density at radius 1 is 1.26 bits per heavy atom. The molecule has 2 aromatic heterocycles. The maximum atomic E-state index is 12.6. The fourth-order valence-corrected chi connectivity index (χ4v) is 4.46. The number of benzene rings is 2. The number of aromatic amines is 1. The largest absolute Gasteiger partial charge is 0.465 e. The zero-order chi connectivity index (χ0) is 29.1. The highest BCUT2D eigenvalue weighted by molar-refractivity contribution is 9.10. The molecule has 0 aliphatic carbocycles. The van der Waals surface area contributed by atoms with E-state index in [0.29, 0.717) is 21.1 Å². The van der Waals surface area contributed by atoms with E-state index in [1.165, 1.54) is 19.2 Å². The van der Waals surface area contributed by atoms with Gasteiger partial charge < -0.3 is 9.72 Å². The molecule has 0 aliphatic heterocycles. The third-order valence-electron chi connectivity index (χ3n) is 5.34. The number of nitro groups is 1. The number of hydrogen-bond donors (Lipinski definition) is 2. The van der Waals surface area contributed by atoms with Crippen LogP contribution in [0.4, 0.5) is 5.69 Å². The molecule has 0 saturated carbocycles. The first kappa shape index (κ1) is 29.2. The molecule has 2 N–H and O–H groups in total. The van der Waals surface area contributed by atoms with E-state index in [9.17, 15) is 32.9 Å². The molecule has 206 valence electrons. The summed E-state index contributed by atoms with van der Waals surface area (Å²) in [5.41, 5.74) is 1.01. The number of aryl methyl sites for hydroxylation is 2. The molecule has 39 heavy (non-hydrogen) atoms. The third-order valence-corrected chi connectivity index (χ3v) is 6.34. The Morgan fingerprint density at radius 3 is 2.49 bits per heavy atom. The molecule has 4 rings (SSSR count). The van der Waals surface area contributed by atoms with E-state index < -0.39 is 32.2 Å². The van der Waals surface area contributed by atoms with Crippen LogP contribution in [-0.2, 0) is 28.2 Å². The Labute approximate surface area is 229 Å². The predicted octanol–water partition coefficient (Wildman–Crippen LogP) is 2.30. The van der Waals surface area contributed by atoms with Crippen LogP contribution in [0.15, 0.2) is 56.8 Å². The van der Waals surface area contributed by atoms with Gasteiger partial charge >= 0.3 is 11.7 Å². The lowest BCUT2D eigenvalue weighted by molar-refractivity contribution is -0.385. The molecule has 0 saturated heterocycles. The first-order valence-corrected chi connectivity index (χ1v) is 13.7. The average Bonchev–Trinajstić information content (AvgIpc) is 3.31. The monoisotopic (exact) mass is 622 g/mol. The number of hydrogen-bond acceptors (Lipinski definition) is 9. The standard InChI is InChI=1S/C15H17N5O4S.C8H6BrNO4/c1-4-9-5-13-12(6-11(9)10-7-16-19(2)8-10)14(21)20(15(22)17-13)18-25(3,23)24;1-14-8(11)6-3-2-5(9)4-7(6)10(12)13/h5-8,18H,4H2,1-3H3,(H,17,22);2-4H,1H3. The van der Waals surface area contributed by atoms with Gasteiger partial charge in [0.05, 0.1) is 35.4 Å². The Bertz CT molecular complexity index is 1810. The number of sulfonamides is 1. The number of rotatable bonds is 6. The van der Waals surface area contributed by atoms with Gasteiger partial charge in [-0.15, -0.1) is 0 Å². The Hall–Kier alpha value is -4.31.